The van der Waals surface area contributed by atoms with Crippen LogP contribution in [0.4, 0.5) is 0 Å². The molecule has 1 N–H and O–H groups in total. The fourth-order valence-electron chi connectivity index (χ4n) is 2.15. The van der Waals surface area contributed by atoms with E-state index in [0.29, 0.717) is 6.54 Å². The molecule has 0 spiro atoms. The Hall–Kier alpha value is -2.70. The van der Waals surface area contributed by atoms with Crippen molar-refractivity contribution < 1.29 is 19.1 Å². The minimum absolute atomic E-state index is 0.120. The maximum Gasteiger partial charge on any atom is 0.355 e. The number of carbonyl (C=O) groups is 3. The van der Waals surface area contributed by atoms with E-state index in [9.17, 15) is 14.4 Å². The molecule has 1 aliphatic heterocycles. The van der Waals surface area contributed by atoms with Gasteiger partial charge >= 0.3 is 5.97 Å². The summed E-state index contributed by atoms with van der Waals surface area (Å²) in [4.78, 5) is 36.7. The van der Waals surface area contributed by atoms with Gasteiger partial charge in [-0.05, 0) is 12.5 Å². The molecule has 0 bridgehead atoms. The molecule has 2 rings (SSSR count). The zero-order valence-corrected chi connectivity index (χ0v) is 13.1. The van der Waals surface area contributed by atoms with Crippen LogP contribution in [-0.2, 0) is 25.7 Å². The molecule has 1 aromatic carbocycles. The summed E-state index contributed by atoms with van der Waals surface area (Å²) in [6, 6.07) is 9.53. The quantitative estimate of drug-likeness (QED) is 0.815. The highest BCUT2D eigenvalue weighted by Crippen LogP contribution is 2.08. The molecule has 0 aromatic heterocycles. The number of nitrogens with one attached hydrogen (secondary N) is 1. The molecule has 7 nitrogen and oxygen atoms in total. The lowest BCUT2D eigenvalue weighted by Gasteiger charge is -2.22. The van der Waals surface area contributed by atoms with Crippen LogP contribution in [0.3, 0.4) is 0 Å². The average Bonchev–Trinajstić information content (AvgIpc) is 2.55. The predicted octanol–water partition coefficient (Wildman–Crippen LogP) is 0.843. The fraction of sp³-hybridized carbons (Fsp3) is 0.375. The first-order chi connectivity index (χ1) is 11.0. The van der Waals surface area contributed by atoms with Gasteiger partial charge in [-0.15, -0.1) is 0 Å². The second-order valence-electron chi connectivity index (χ2n) is 5.32. The summed E-state index contributed by atoms with van der Waals surface area (Å²) in [5.74, 6) is -1.23. The number of rotatable bonds is 5. The minimum atomic E-state index is -0.920. The number of amides is 2. The van der Waals surface area contributed by atoms with E-state index in [0.717, 1.165) is 5.56 Å². The van der Waals surface area contributed by atoms with Gasteiger partial charge in [-0.3, -0.25) is 9.59 Å². The number of likely N-dealkylation sites (N-methyl/N-ethyl adjacent to an activating group) is 1. The van der Waals surface area contributed by atoms with Gasteiger partial charge in [0, 0.05) is 26.4 Å². The van der Waals surface area contributed by atoms with Crippen LogP contribution in [0.1, 0.15) is 25.3 Å². The van der Waals surface area contributed by atoms with Crippen molar-refractivity contribution in [2.24, 2.45) is 5.10 Å². The summed E-state index contributed by atoms with van der Waals surface area (Å²) in [7, 11) is 1.65. The molecule has 0 radical (unpaired) electrons. The highest BCUT2D eigenvalue weighted by molar-refractivity contribution is 6.37. The smallest absolute Gasteiger partial charge is 0.355 e. The molecule has 7 heteroatoms. The lowest BCUT2D eigenvalue weighted by atomic mass is 10.2. The van der Waals surface area contributed by atoms with Crippen molar-refractivity contribution in [3.63, 3.8) is 0 Å². The van der Waals surface area contributed by atoms with E-state index < -0.39 is 12.1 Å². The molecular weight excluding hydrogens is 298 g/mol. The molecule has 0 saturated carbocycles. The van der Waals surface area contributed by atoms with Gasteiger partial charge in [-0.25, -0.2) is 10.2 Å². The Morgan fingerprint density at radius 3 is 2.61 bits per heavy atom. The van der Waals surface area contributed by atoms with Gasteiger partial charge in [0.15, 0.2) is 6.10 Å². The Labute approximate surface area is 134 Å². The van der Waals surface area contributed by atoms with Crippen LogP contribution in [-0.4, -0.2) is 41.5 Å². The van der Waals surface area contributed by atoms with Crippen molar-refractivity contribution in [2.75, 3.05) is 7.05 Å². The van der Waals surface area contributed by atoms with Gasteiger partial charge in [-0.2, -0.15) is 5.10 Å². The Bertz CT molecular complexity index is 627. The molecule has 1 aliphatic rings. The summed E-state index contributed by atoms with van der Waals surface area (Å²) in [6.07, 6.45) is -0.521. The summed E-state index contributed by atoms with van der Waals surface area (Å²) in [5, 5.41) is 3.65. The molecule has 0 saturated heterocycles. The Morgan fingerprint density at radius 2 is 2.00 bits per heavy atom. The molecule has 1 aromatic rings. The van der Waals surface area contributed by atoms with Gasteiger partial charge < -0.3 is 9.64 Å². The highest BCUT2D eigenvalue weighted by atomic mass is 16.5. The number of ether oxygens (including phenoxy) is 1. The molecular formula is C16H19N3O4. The third-order valence-corrected chi connectivity index (χ3v) is 3.41. The normalized spacial score (nSPS) is 15.2. The third-order valence-electron chi connectivity index (χ3n) is 3.41. The second-order valence-corrected chi connectivity index (χ2v) is 5.32. The number of hydrogen-bond donors (Lipinski definition) is 1. The number of esters is 1. The lowest BCUT2D eigenvalue weighted by Crippen LogP contribution is -2.39. The molecule has 122 valence electrons. The monoisotopic (exact) mass is 317 g/mol. The maximum absolute atomic E-state index is 12.3. The van der Waals surface area contributed by atoms with Crippen molar-refractivity contribution in [3.8, 4) is 0 Å². The summed E-state index contributed by atoms with van der Waals surface area (Å²) in [5.41, 5.74) is 3.33. The van der Waals surface area contributed by atoms with E-state index in [1.165, 1.54) is 11.8 Å². The number of benzene rings is 1. The Kier molecular flexibility index (Phi) is 5.46. The molecule has 2 amide bonds. The number of hydrogen-bond acceptors (Lipinski definition) is 5. The summed E-state index contributed by atoms with van der Waals surface area (Å²) >= 11 is 0. The zero-order valence-electron chi connectivity index (χ0n) is 13.1. The first-order valence-electron chi connectivity index (χ1n) is 7.32. The van der Waals surface area contributed by atoms with Gasteiger partial charge in [-0.1, -0.05) is 30.3 Å². The van der Waals surface area contributed by atoms with E-state index in [2.05, 4.69) is 10.5 Å². The number of carbonyl (C=O) groups excluding carboxylic acids is 3. The van der Waals surface area contributed by atoms with E-state index in [1.54, 1.807) is 7.05 Å². The minimum Gasteiger partial charge on any atom is -0.448 e. The second kappa shape index (κ2) is 7.53. The van der Waals surface area contributed by atoms with Crippen LogP contribution in [0, 0.1) is 0 Å². The molecule has 0 unspecified atom stereocenters. The van der Waals surface area contributed by atoms with E-state index in [4.69, 9.17) is 4.74 Å². The Balaban J connectivity index is 1.89. The summed E-state index contributed by atoms with van der Waals surface area (Å²) < 4.78 is 5.13. The van der Waals surface area contributed by atoms with E-state index in [1.807, 2.05) is 30.3 Å². The topological polar surface area (TPSA) is 88.1 Å². The molecule has 1 atom stereocenters. The van der Waals surface area contributed by atoms with Crippen LogP contribution in [0.25, 0.3) is 0 Å². The van der Waals surface area contributed by atoms with Gasteiger partial charge in [0.2, 0.25) is 5.91 Å². The molecule has 1 heterocycles. The van der Waals surface area contributed by atoms with Crippen LogP contribution < -0.4 is 5.43 Å². The molecule has 0 aliphatic carbocycles. The SMILES string of the molecule is C[C@H](OC(=O)C1=NNC(=O)CC1)C(=O)N(C)Cc1ccccc1. The maximum atomic E-state index is 12.3. The van der Waals surface area contributed by atoms with Crippen LogP contribution in [0.2, 0.25) is 0 Å². The highest BCUT2D eigenvalue weighted by Gasteiger charge is 2.26. The largest absolute Gasteiger partial charge is 0.448 e. The zero-order chi connectivity index (χ0) is 16.8. The van der Waals surface area contributed by atoms with Crippen LogP contribution in [0.5, 0.6) is 0 Å². The first-order valence-corrected chi connectivity index (χ1v) is 7.32. The molecule has 0 fully saturated rings. The van der Waals surface area contributed by atoms with Gasteiger partial charge in [0.05, 0.1) is 0 Å². The lowest BCUT2D eigenvalue weighted by molar-refractivity contribution is -0.153. The third kappa shape index (κ3) is 4.64. The van der Waals surface area contributed by atoms with Crippen molar-refractivity contribution in [1.29, 1.82) is 0 Å². The number of hydrazone groups is 1. The Morgan fingerprint density at radius 1 is 1.30 bits per heavy atom. The van der Waals surface area contributed by atoms with Crippen molar-refractivity contribution >= 4 is 23.5 Å². The predicted molar refractivity (Wildman–Crippen MR) is 83.3 cm³/mol. The standard InChI is InChI=1S/C16H19N3O4/c1-11(23-16(22)13-8-9-14(20)18-17-13)15(21)19(2)10-12-6-4-3-5-7-12/h3-7,11H,8-10H2,1-2H3,(H,18,20)/t11-/m0/s1. The van der Waals surface area contributed by atoms with Gasteiger partial charge in [0.1, 0.15) is 5.71 Å². The van der Waals surface area contributed by atoms with Gasteiger partial charge in [0.25, 0.3) is 5.91 Å². The van der Waals surface area contributed by atoms with Crippen LogP contribution in [0.15, 0.2) is 35.4 Å². The van der Waals surface area contributed by atoms with E-state index >= 15 is 0 Å². The van der Waals surface area contributed by atoms with Crippen molar-refractivity contribution in [3.05, 3.63) is 35.9 Å². The number of nitrogens with zero attached hydrogens (tertiary/aromatic N) is 2. The van der Waals surface area contributed by atoms with E-state index in [-0.39, 0.29) is 30.4 Å². The first kappa shape index (κ1) is 16.7. The average molecular weight is 317 g/mol. The summed E-state index contributed by atoms with van der Waals surface area (Å²) in [6.45, 7) is 1.95. The fourth-order valence-corrected chi connectivity index (χ4v) is 2.15. The van der Waals surface area contributed by atoms with Crippen LogP contribution >= 0.6 is 0 Å². The van der Waals surface area contributed by atoms with Crippen molar-refractivity contribution in [2.45, 2.75) is 32.4 Å². The molecule has 23 heavy (non-hydrogen) atoms. The van der Waals surface area contributed by atoms with Crippen molar-refractivity contribution in [1.82, 2.24) is 10.3 Å².